The summed E-state index contributed by atoms with van der Waals surface area (Å²) in [5, 5.41) is 3.48. The van der Waals surface area contributed by atoms with Crippen LogP contribution >= 0.6 is 27.5 Å². The van der Waals surface area contributed by atoms with Crippen molar-refractivity contribution in [3.63, 3.8) is 0 Å². The first kappa shape index (κ1) is 18.4. The van der Waals surface area contributed by atoms with E-state index in [1.54, 1.807) is 26.4 Å². The lowest BCUT2D eigenvalue weighted by atomic mass is 9.48. The number of amides is 1. The fourth-order valence-electron chi connectivity index (χ4n) is 6.04. The van der Waals surface area contributed by atoms with Crippen LogP contribution in [0.3, 0.4) is 0 Å². The lowest BCUT2D eigenvalue weighted by Gasteiger charge is -2.60. The quantitative estimate of drug-likeness (QED) is 0.619. The Morgan fingerprint density at radius 1 is 1.19 bits per heavy atom. The molecule has 4 nitrogen and oxygen atoms in total. The van der Waals surface area contributed by atoms with Crippen LogP contribution in [-0.4, -0.2) is 24.5 Å². The van der Waals surface area contributed by atoms with Crippen LogP contribution in [0.4, 0.5) is 5.69 Å². The Labute approximate surface area is 168 Å². The number of anilines is 1. The van der Waals surface area contributed by atoms with Crippen molar-refractivity contribution in [2.24, 2.45) is 17.3 Å². The molecule has 142 valence electrons. The van der Waals surface area contributed by atoms with Crippen molar-refractivity contribution in [1.29, 1.82) is 0 Å². The van der Waals surface area contributed by atoms with Gasteiger partial charge in [0.15, 0.2) is 0 Å². The molecule has 0 spiro atoms. The van der Waals surface area contributed by atoms with Gasteiger partial charge in [-0.25, -0.2) is 0 Å². The number of methoxy groups -OCH3 is 2. The molecule has 1 N–H and O–H groups in total. The largest absolute Gasteiger partial charge is 0.495 e. The van der Waals surface area contributed by atoms with Gasteiger partial charge in [0.05, 0.1) is 24.9 Å². The molecular weight excluding hydrogens is 418 g/mol. The molecule has 1 amide bonds. The molecule has 1 aromatic carbocycles. The predicted molar refractivity (Wildman–Crippen MR) is 107 cm³/mol. The molecule has 4 fully saturated rings. The fourth-order valence-corrected chi connectivity index (χ4v) is 7.79. The second-order valence-electron chi connectivity index (χ2n) is 8.52. The van der Waals surface area contributed by atoms with Crippen molar-refractivity contribution in [1.82, 2.24) is 0 Å². The number of benzene rings is 1. The Hall–Kier alpha value is -0.940. The summed E-state index contributed by atoms with van der Waals surface area (Å²) >= 11 is 10.2. The first-order valence-corrected chi connectivity index (χ1v) is 10.4. The molecule has 0 radical (unpaired) electrons. The second kappa shape index (κ2) is 6.59. The van der Waals surface area contributed by atoms with Crippen LogP contribution < -0.4 is 14.8 Å². The highest BCUT2D eigenvalue weighted by Crippen LogP contribution is 2.65. The van der Waals surface area contributed by atoms with Gasteiger partial charge in [0.1, 0.15) is 11.5 Å². The summed E-state index contributed by atoms with van der Waals surface area (Å²) in [6.45, 7) is 0. The minimum Gasteiger partial charge on any atom is -0.495 e. The third kappa shape index (κ3) is 3.33. The second-order valence-corrected chi connectivity index (χ2v) is 10.6. The summed E-state index contributed by atoms with van der Waals surface area (Å²) in [6, 6.07) is 3.40. The molecule has 4 bridgehead atoms. The molecule has 2 atom stereocenters. The van der Waals surface area contributed by atoms with Crippen molar-refractivity contribution < 1.29 is 14.3 Å². The van der Waals surface area contributed by atoms with Crippen molar-refractivity contribution >= 4 is 39.1 Å². The van der Waals surface area contributed by atoms with Crippen LogP contribution in [0.2, 0.25) is 5.02 Å². The molecule has 4 aliphatic rings. The van der Waals surface area contributed by atoms with E-state index in [4.69, 9.17) is 21.1 Å². The van der Waals surface area contributed by atoms with Gasteiger partial charge in [0, 0.05) is 16.8 Å². The van der Waals surface area contributed by atoms with Crippen LogP contribution in [0.25, 0.3) is 0 Å². The first-order chi connectivity index (χ1) is 12.3. The van der Waals surface area contributed by atoms with Gasteiger partial charge in [-0.2, -0.15) is 0 Å². The molecule has 1 aromatic rings. The lowest BCUT2D eigenvalue weighted by Crippen LogP contribution is -2.53. The van der Waals surface area contributed by atoms with E-state index in [0.29, 0.717) is 28.6 Å². The minimum absolute atomic E-state index is 0.0441. The van der Waals surface area contributed by atoms with Crippen LogP contribution in [0.15, 0.2) is 12.1 Å². The van der Waals surface area contributed by atoms with Crippen molar-refractivity contribution in [2.45, 2.75) is 49.3 Å². The standard InChI is InChI=1S/C20H25BrClNO3/c1-25-16-5-17(26-2)15(4-14(16)22)23-18(24)10-19-6-12-3-13(7-19)9-20(21,8-12)11-19/h4-5,12-13H,3,6-11H2,1-2H3,(H,23,24). The molecule has 2 unspecified atom stereocenters. The Bertz CT molecular complexity index is 724. The van der Waals surface area contributed by atoms with Crippen molar-refractivity contribution in [2.75, 3.05) is 19.5 Å². The monoisotopic (exact) mass is 441 g/mol. The van der Waals surface area contributed by atoms with Crippen molar-refractivity contribution in [3.8, 4) is 11.5 Å². The molecule has 26 heavy (non-hydrogen) atoms. The molecule has 5 rings (SSSR count). The number of nitrogens with one attached hydrogen (secondary N) is 1. The van der Waals surface area contributed by atoms with E-state index in [1.807, 2.05) is 0 Å². The average molecular weight is 443 g/mol. The van der Waals surface area contributed by atoms with E-state index in [-0.39, 0.29) is 15.6 Å². The predicted octanol–water partition coefficient (Wildman–Crippen LogP) is 5.42. The highest BCUT2D eigenvalue weighted by molar-refractivity contribution is 9.10. The average Bonchev–Trinajstić information content (AvgIpc) is 2.52. The molecule has 0 aliphatic heterocycles. The molecule has 0 aromatic heterocycles. The van der Waals surface area contributed by atoms with Crippen LogP contribution in [0.1, 0.15) is 44.9 Å². The number of halogens is 2. The lowest BCUT2D eigenvalue weighted by molar-refractivity contribution is -0.123. The summed E-state index contributed by atoms with van der Waals surface area (Å²) in [7, 11) is 3.13. The van der Waals surface area contributed by atoms with Crippen LogP contribution in [-0.2, 0) is 4.79 Å². The summed E-state index contributed by atoms with van der Waals surface area (Å²) in [4.78, 5) is 12.9. The Morgan fingerprint density at radius 2 is 1.85 bits per heavy atom. The van der Waals surface area contributed by atoms with E-state index in [0.717, 1.165) is 18.3 Å². The first-order valence-electron chi connectivity index (χ1n) is 9.24. The summed E-state index contributed by atoms with van der Waals surface area (Å²) < 4.78 is 10.9. The smallest absolute Gasteiger partial charge is 0.225 e. The molecular formula is C20H25BrClNO3. The minimum atomic E-state index is 0.0441. The molecule has 0 saturated heterocycles. The number of carbonyl (C=O) groups excluding carboxylic acids is 1. The number of rotatable bonds is 5. The SMILES string of the molecule is COc1cc(OC)c(NC(=O)CC23CC4CC(CC(Br)(C4)C2)C3)cc1Cl. The maximum absolute atomic E-state index is 12.9. The molecule has 4 saturated carbocycles. The summed E-state index contributed by atoms with van der Waals surface area (Å²) in [5.74, 6) is 2.68. The van der Waals surface area contributed by atoms with Gasteiger partial charge in [-0.05, 0) is 61.8 Å². The number of carbonyl (C=O) groups is 1. The highest BCUT2D eigenvalue weighted by atomic mass is 79.9. The molecule has 0 heterocycles. The van der Waals surface area contributed by atoms with Gasteiger partial charge < -0.3 is 14.8 Å². The molecule has 6 heteroatoms. The van der Waals surface area contributed by atoms with E-state index in [1.165, 1.54) is 32.1 Å². The highest BCUT2D eigenvalue weighted by Gasteiger charge is 2.57. The van der Waals surface area contributed by atoms with Crippen LogP contribution in [0.5, 0.6) is 11.5 Å². The topological polar surface area (TPSA) is 47.6 Å². The fraction of sp³-hybridized carbons (Fsp3) is 0.650. The van der Waals surface area contributed by atoms with E-state index < -0.39 is 0 Å². The zero-order chi connectivity index (χ0) is 18.5. The summed E-state index contributed by atoms with van der Waals surface area (Å²) in [6.07, 6.45) is 7.94. The zero-order valence-corrected chi connectivity index (χ0v) is 17.6. The third-order valence-corrected chi connectivity index (χ3v) is 7.62. The number of ether oxygens (including phenoxy) is 2. The Kier molecular flexibility index (Phi) is 4.67. The summed E-state index contributed by atoms with van der Waals surface area (Å²) in [5.41, 5.74) is 0.739. The number of alkyl halides is 1. The third-order valence-electron chi connectivity index (χ3n) is 6.39. The van der Waals surface area contributed by atoms with E-state index >= 15 is 0 Å². The van der Waals surface area contributed by atoms with Gasteiger partial charge in [0.25, 0.3) is 0 Å². The normalized spacial score (nSPS) is 34.6. The van der Waals surface area contributed by atoms with E-state index in [2.05, 4.69) is 21.2 Å². The van der Waals surface area contributed by atoms with Gasteiger partial charge >= 0.3 is 0 Å². The molecule has 4 aliphatic carbocycles. The maximum atomic E-state index is 12.9. The Morgan fingerprint density at radius 3 is 2.42 bits per heavy atom. The van der Waals surface area contributed by atoms with Gasteiger partial charge in [-0.1, -0.05) is 27.5 Å². The van der Waals surface area contributed by atoms with Crippen LogP contribution in [0, 0.1) is 17.3 Å². The van der Waals surface area contributed by atoms with E-state index in [9.17, 15) is 4.79 Å². The van der Waals surface area contributed by atoms with Gasteiger partial charge in [-0.15, -0.1) is 0 Å². The van der Waals surface area contributed by atoms with Gasteiger partial charge in [0.2, 0.25) is 5.91 Å². The maximum Gasteiger partial charge on any atom is 0.225 e. The van der Waals surface area contributed by atoms with Crippen molar-refractivity contribution in [3.05, 3.63) is 17.2 Å². The zero-order valence-electron chi connectivity index (χ0n) is 15.2. The number of hydrogen-bond acceptors (Lipinski definition) is 3. The number of hydrogen-bond donors (Lipinski definition) is 1. The van der Waals surface area contributed by atoms with Gasteiger partial charge in [-0.3, -0.25) is 4.79 Å². The Balaban J connectivity index is 1.50.